The van der Waals surface area contributed by atoms with Crippen LogP contribution in [0.2, 0.25) is 0 Å². The molecular weight excluding hydrogens is 544 g/mol. The van der Waals surface area contributed by atoms with Crippen molar-refractivity contribution in [1.29, 1.82) is 0 Å². The van der Waals surface area contributed by atoms with Gasteiger partial charge in [0.1, 0.15) is 5.75 Å². The SMILES string of the molecule is C[C@H]1CCCCO[C@H](CN(C)C)[C@@H](C)CN([C@@H](C)CO)C(=O)c2cc(NC(=O)Nc3cccc4ccccc34)ccc2O1. The van der Waals surface area contributed by atoms with E-state index < -0.39 is 12.1 Å². The monoisotopic (exact) mass is 590 g/mol. The highest BCUT2D eigenvalue weighted by Gasteiger charge is 2.30. The standard InChI is InChI=1S/C34H46N4O5/c1-23-20-38(24(2)22-39)33(40)29-19-27(35-34(41)36-30-15-10-13-26-12-6-7-14-28(26)30)16-17-31(29)43-25(3)11-8-9-18-42-32(23)21-37(4)5/h6-7,10,12-17,19,23-25,32,39H,8-9,11,18,20-22H2,1-5H3,(H2,35,36,41)/t23-,24-,25-,32+/m0/s1. The van der Waals surface area contributed by atoms with E-state index in [0.717, 1.165) is 36.6 Å². The summed E-state index contributed by atoms with van der Waals surface area (Å²) in [5.41, 5.74) is 1.48. The van der Waals surface area contributed by atoms with Crippen LogP contribution < -0.4 is 15.4 Å². The molecule has 1 aliphatic rings. The average Bonchev–Trinajstić information content (AvgIpc) is 2.98. The van der Waals surface area contributed by atoms with E-state index in [-0.39, 0.29) is 30.6 Å². The van der Waals surface area contributed by atoms with Crippen LogP contribution in [0.25, 0.3) is 10.8 Å². The van der Waals surface area contributed by atoms with E-state index in [2.05, 4.69) is 22.5 Å². The fourth-order valence-corrected chi connectivity index (χ4v) is 5.44. The molecule has 0 bridgehead atoms. The van der Waals surface area contributed by atoms with Crippen molar-refractivity contribution in [2.75, 3.05) is 51.0 Å². The van der Waals surface area contributed by atoms with Crippen LogP contribution in [0.15, 0.2) is 60.7 Å². The first kappa shape index (κ1) is 32.3. The number of aliphatic hydroxyl groups is 1. The van der Waals surface area contributed by atoms with Crippen LogP contribution in [0.1, 0.15) is 50.4 Å². The summed E-state index contributed by atoms with van der Waals surface area (Å²) in [6.45, 7) is 7.49. The van der Waals surface area contributed by atoms with Gasteiger partial charge in [0.2, 0.25) is 0 Å². The largest absolute Gasteiger partial charge is 0.490 e. The number of likely N-dealkylation sites (N-methyl/N-ethyl adjacent to an activating group) is 1. The van der Waals surface area contributed by atoms with Crippen molar-refractivity contribution < 1.29 is 24.2 Å². The number of nitrogens with one attached hydrogen (secondary N) is 2. The molecule has 0 radical (unpaired) electrons. The predicted molar refractivity (Wildman–Crippen MR) is 172 cm³/mol. The number of aliphatic hydroxyl groups excluding tert-OH is 1. The van der Waals surface area contributed by atoms with Crippen molar-refractivity contribution in [1.82, 2.24) is 9.80 Å². The molecule has 0 saturated heterocycles. The third-order valence-electron chi connectivity index (χ3n) is 7.89. The Balaban J connectivity index is 1.63. The maximum absolute atomic E-state index is 14.2. The molecule has 1 heterocycles. The summed E-state index contributed by atoms with van der Waals surface area (Å²) in [5, 5.41) is 17.9. The molecule has 0 fully saturated rings. The van der Waals surface area contributed by atoms with Crippen LogP contribution >= 0.6 is 0 Å². The van der Waals surface area contributed by atoms with Gasteiger partial charge in [0.25, 0.3) is 5.91 Å². The number of hydrogen-bond donors (Lipinski definition) is 3. The van der Waals surface area contributed by atoms with Gasteiger partial charge in [0.15, 0.2) is 0 Å². The van der Waals surface area contributed by atoms with E-state index in [4.69, 9.17) is 9.47 Å². The fraction of sp³-hybridized carbons (Fsp3) is 0.471. The Hall–Kier alpha value is -3.66. The van der Waals surface area contributed by atoms with Gasteiger partial charge in [-0.05, 0) is 76.9 Å². The van der Waals surface area contributed by atoms with Crippen molar-refractivity contribution in [3.8, 4) is 5.75 Å². The molecule has 232 valence electrons. The highest BCUT2D eigenvalue weighted by atomic mass is 16.5. The van der Waals surface area contributed by atoms with Crippen LogP contribution in [0.3, 0.4) is 0 Å². The zero-order valence-corrected chi connectivity index (χ0v) is 26.0. The first-order valence-electron chi connectivity index (χ1n) is 15.2. The summed E-state index contributed by atoms with van der Waals surface area (Å²) in [6.07, 6.45) is 2.48. The maximum atomic E-state index is 14.2. The number of rotatable bonds is 6. The number of amides is 3. The lowest BCUT2D eigenvalue weighted by Crippen LogP contribution is -2.47. The average molecular weight is 591 g/mol. The van der Waals surface area contributed by atoms with Gasteiger partial charge in [-0.2, -0.15) is 0 Å². The molecule has 9 heteroatoms. The number of nitrogens with zero attached hydrogens (tertiary/aromatic N) is 2. The van der Waals surface area contributed by atoms with Crippen molar-refractivity contribution in [2.45, 2.75) is 58.3 Å². The van der Waals surface area contributed by atoms with Crippen molar-refractivity contribution in [3.63, 3.8) is 0 Å². The summed E-state index contributed by atoms with van der Waals surface area (Å²) in [4.78, 5) is 31.1. The van der Waals surface area contributed by atoms with Gasteiger partial charge in [-0.25, -0.2) is 4.79 Å². The number of benzene rings is 3. The highest BCUT2D eigenvalue weighted by molar-refractivity contribution is 6.07. The third kappa shape index (κ3) is 8.69. The summed E-state index contributed by atoms with van der Waals surface area (Å²) in [7, 11) is 4.03. The number of ether oxygens (including phenoxy) is 2. The molecule has 0 aromatic heterocycles. The summed E-state index contributed by atoms with van der Waals surface area (Å²) >= 11 is 0. The summed E-state index contributed by atoms with van der Waals surface area (Å²) in [6, 6.07) is 17.9. The van der Waals surface area contributed by atoms with Gasteiger partial charge < -0.3 is 35.0 Å². The molecule has 3 aromatic rings. The number of urea groups is 1. The second-order valence-electron chi connectivity index (χ2n) is 11.9. The first-order valence-corrected chi connectivity index (χ1v) is 15.2. The van der Waals surface area contributed by atoms with Gasteiger partial charge in [-0.15, -0.1) is 0 Å². The molecule has 3 N–H and O–H groups in total. The zero-order chi connectivity index (χ0) is 30.9. The second-order valence-corrected chi connectivity index (χ2v) is 11.9. The van der Waals surface area contributed by atoms with Crippen molar-refractivity contribution >= 4 is 34.1 Å². The smallest absolute Gasteiger partial charge is 0.323 e. The molecule has 3 amide bonds. The van der Waals surface area contributed by atoms with Crippen LogP contribution in [0, 0.1) is 5.92 Å². The Morgan fingerprint density at radius 1 is 1.07 bits per heavy atom. The van der Waals surface area contributed by atoms with Crippen LogP contribution in [-0.4, -0.2) is 85.5 Å². The Morgan fingerprint density at radius 3 is 2.60 bits per heavy atom. The molecule has 0 unspecified atom stereocenters. The lowest BCUT2D eigenvalue weighted by molar-refractivity contribution is -0.0137. The molecular formula is C34H46N4O5. The molecule has 3 aromatic carbocycles. The van der Waals surface area contributed by atoms with Gasteiger partial charge in [0, 0.05) is 36.7 Å². The van der Waals surface area contributed by atoms with Crippen molar-refractivity contribution in [2.24, 2.45) is 5.92 Å². The molecule has 9 nitrogen and oxygen atoms in total. The van der Waals surface area contributed by atoms with Crippen LogP contribution in [-0.2, 0) is 4.74 Å². The second kappa shape index (κ2) is 15.2. The van der Waals surface area contributed by atoms with Gasteiger partial charge >= 0.3 is 6.03 Å². The molecule has 0 spiro atoms. The number of fused-ring (bicyclic) bond motifs is 2. The van der Waals surface area contributed by atoms with Crippen molar-refractivity contribution in [3.05, 3.63) is 66.2 Å². The highest BCUT2D eigenvalue weighted by Crippen LogP contribution is 2.29. The van der Waals surface area contributed by atoms with E-state index in [1.165, 1.54) is 0 Å². The van der Waals surface area contributed by atoms with E-state index in [1.54, 1.807) is 23.1 Å². The maximum Gasteiger partial charge on any atom is 0.323 e. The van der Waals surface area contributed by atoms with Crippen LogP contribution in [0.4, 0.5) is 16.2 Å². The third-order valence-corrected chi connectivity index (χ3v) is 7.89. The Bertz CT molecular complexity index is 1370. The molecule has 1 aliphatic heterocycles. The van der Waals surface area contributed by atoms with Gasteiger partial charge in [0.05, 0.1) is 36.1 Å². The van der Waals surface area contributed by atoms with Gasteiger partial charge in [-0.3, -0.25) is 4.79 Å². The summed E-state index contributed by atoms with van der Waals surface area (Å²) < 4.78 is 12.6. The minimum absolute atomic E-state index is 0.0133. The van der Waals surface area contributed by atoms with Gasteiger partial charge in [-0.1, -0.05) is 43.3 Å². The predicted octanol–water partition coefficient (Wildman–Crippen LogP) is 5.84. The lowest BCUT2D eigenvalue weighted by atomic mass is 10.0. The Kier molecular flexibility index (Phi) is 11.4. The molecule has 0 saturated carbocycles. The van der Waals surface area contributed by atoms with E-state index in [1.807, 2.05) is 70.4 Å². The Labute approximate surface area is 255 Å². The van der Waals surface area contributed by atoms with Crippen LogP contribution in [0.5, 0.6) is 5.75 Å². The number of carbonyl (C=O) groups excluding carboxylic acids is 2. The normalized spacial score (nSPS) is 21.0. The number of carbonyl (C=O) groups is 2. The quantitative estimate of drug-likeness (QED) is 0.333. The minimum atomic E-state index is -0.431. The Morgan fingerprint density at radius 2 is 1.84 bits per heavy atom. The zero-order valence-electron chi connectivity index (χ0n) is 26.0. The minimum Gasteiger partial charge on any atom is -0.490 e. The number of hydrogen-bond acceptors (Lipinski definition) is 6. The van der Waals surface area contributed by atoms with E-state index in [0.29, 0.717) is 35.8 Å². The molecule has 4 atom stereocenters. The molecule has 4 rings (SSSR count). The van der Waals surface area contributed by atoms with E-state index >= 15 is 0 Å². The number of anilines is 2. The lowest BCUT2D eigenvalue weighted by Gasteiger charge is -2.35. The van der Waals surface area contributed by atoms with E-state index in [9.17, 15) is 14.7 Å². The molecule has 0 aliphatic carbocycles. The topological polar surface area (TPSA) is 103 Å². The fourth-order valence-electron chi connectivity index (χ4n) is 5.44. The molecule has 43 heavy (non-hydrogen) atoms. The summed E-state index contributed by atoms with van der Waals surface area (Å²) in [5.74, 6) is 0.201. The first-order chi connectivity index (χ1) is 20.7.